The molecule has 0 bridgehead atoms. The third-order valence-corrected chi connectivity index (χ3v) is 5.20. The van der Waals surface area contributed by atoms with E-state index in [1.807, 2.05) is 54.2 Å². The Hall–Kier alpha value is -2.48. The number of carbonyl (C=O) groups is 1. The number of aromatic nitrogens is 2. The molecule has 28 heavy (non-hydrogen) atoms. The molecule has 2 N–H and O–H groups in total. The number of carbonyl (C=O) groups excluding carboxylic acids is 1. The van der Waals surface area contributed by atoms with Gasteiger partial charge < -0.3 is 10.3 Å². The molecule has 3 aromatic rings. The number of nitrogens with zero attached hydrogens (tertiary/aromatic N) is 3. The summed E-state index contributed by atoms with van der Waals surface area (Å²) in [5.41, 5.74) is 10.0. The Morgan fingerprint density at radius 1 is 1.32 bits per heavy atom. The number of aldehydes is 1. The average Bonchev–Trinajstić information content (AvgIpc) is 2.92. The molecule has 0 unspecified atom stereocenters. The summed E-state index contributed by atoms with van der Waals surface area (Å²) < 4.78 is 18.1. The first-order chi connectivity index (χ1) is 13.4. The zero-order chi connectivity index (χ0) is 20.3. The second-order valence-corrected chi connectivity index (χ2v) is 7.97. The predicted molar refractivity (Wildman–Crippen MR) is 113 cm³/mol. The Morgan fingerprint density at radius 3 is 2.79 bits per heavy atom. The van der Waals surface area contributed by atoms with Gasteiger partial charge in [0.1, 0.15) is 11.5 Å². The van der Waals surface area contributed by atoms with E-state index in [1.165, 1.54) is 6.08 Å². The van der Waals surface area contributed by atoms with Crippen molar-refractivity contribution in [1.82, 2.24) is 13.9 Å². The van der Waals surface area contributed by atoms with Gasteiger partial charge in [-0.1, -0.05) is 12.1 Å². The third-order valence-electron chi connectivity index (χ3n) is 4.37. The molecule has 0 spiro atoms. The number of halogens is 1. The van der Waals surface area contributed by atoms with Crippen LogP contribution >= 0.6 is 11.9 Å². The van der Waals surface area contributed by atoms with Crippen LogP contribution in [-0.2, 0) is 6.54 Å². The first kappa shape index (κ1) is 20.3. The van der Waals surface area contributed by atoms with Gasteiger partial charge in [0.2, 0.25) is 0 Å². The Balaban J connectivity index is 2.22. The highest BCUT2D eigenvalue weighted by atomic mass is 32.2. The van der Waals surface area contributed by atoms with E-state index in [-0.39, 0.29) is 18.9 Å². The number of hydrogen-bond donors (Lipinski definition) is 1. The van der Waals surface area contributed by atoms with Gasteiger partial charge in [0, 0.05) is 22.7 Å². The molecule has 0 saturated heterocycles. The molecule has 0 fully saturated rings. The highest BCUT2D eigenvalue weighted by molar-refractivity contribution is 7.97. The van der Waals surface area contributed by atoms with E-state index in [9.17, 15) is 9.18 Å². The summed E-state index contributed by atoms with van der Waals surface area (Å²) in [5.74, 6) is -0.301. The van der Waals surface area contributed by atoms with Crippen molar-refractivity contribution in [2.45, 2.75) is 18.4 Å². The Bertz CT molecular complexity index is 1040. The number of allylic oxidation sites excluding steroid dienone is 1. The van der Waals surface area contributed by atoms with E-state index in [0.29, 0.717) is 11.2 Å². The average molecular weight is 399 g/mol. The molecule has 0 atom stereocenters. The van der Waals surface area contributed by atoms with Crippen LogP contribution in [0.25, 0.3) is 22.2 Å². The van der Waals surface area contributed by atoms with E-state index >= 15 is 0 Å². The van der Waals surface area contributed by atoms with Crippen LogP contribution in [-0.4, -0.2) is 40.8 Å². The molecule has 0 aliphatic heterocycles. The molecular formula is C21H23FN4OS. The van der Waals surface area contributed by atoms with E-state index in [4.69, 9.17) is 5.73 Å². The summed E-state index contributed by atoms with van der Waals surface area (Å²) in [5, 5.41) is 0. The lowest BCUT2D eigenvalue weighted by molar-refractivity contribution is 0.111. The molecule has 5 nitrogen and oxygen atoms in total. The van der Waals surface area contributed by atoms with Crippen LogP contribution in [0.1, 0.15) is 16.2 Å². The number of rotatable bonds is 7. The van der Waals surface area contributed by atoms with Crippen LogP contribution in [0.2, 0.25) is 0 Å². The van der Waals surface area contributed by atoms with Crippen LogP contribution in [0.3, 0.4) is 0 Å². The van der Waals surface area contributed by atoms with Gasteiger partial charge in [-0.05, 0) is 68.9 Å². The number of nitrogens with two attached hydrogens (primary N) is 1. The maximum atomic E-state index is 14.2. The lowest BCUT2D eigenvalue weighted by Crippen LogP contribution is -2.03. The molecule has 1 aromatic carbocycles. The predicted octanol–water partition coefficient (Wildman–Crippen LogP) is 4.21. The lowest BCUT2D eigenvalue weighted by Gasteiger charge is -2.10. The molecule has 7 heteroatoms. The minimum Gasteiger partial charge on any atom is -0.336 e. The number of pyridine rings is 1. The molecule has 0 amide bonds. The second kappa shape index (κ2) is 8.68. The number of fused-ring (bicyclic) bond motifs is 1. The first-order valence-corrected chi connectivity index (χ1v) is 9.67. The minimum absolute atomic E-state index is 0.0772. The van der Waals surface area contributed by atoms with Crippen molar-refractivity contribution >= 4 is 29.3 Å². The second-order valence-electron chi connectivity index (χ2n) is 6.59. The van der Waals surface area contributed by atoms with Gasteiger partial charge in [0.15, 0.2) is 6.29 Å². The zero-order valence-corrected chi connectivity index (χ0v) is 17.0. The third kappa shape index (κ3) is 4.16. The fourth-order valence-electron chi connectivity index (χ4n) is 3.23. The Kier molecular flexibility index (Phi) is 6.28. The standard InChI is InChI=1S/C21H23FN4OS/c1-14-20(15-5-4-6-18(11-15)28-25(2)3)21-19(8-7-17(13-27)24-21)26(14)12-16(22)9-10-23/h4-9,11,13H,10,12,23H2,1-3H3/b16-9-. The molecule has 0 aliphatic rings. The monoisotopic (exact) mass is 398 g/mol. The van der Waals surface area contributed by atoms with Gasteiger partial charge in [-0.2, -0.15) is 0 Å². The topological polar surface area (TPSA) is 64.2 Å². The summed E-state index contributed by atoms with van der Waals surface area (Å²) in [4.78, 5) is 16.9. The van der Waals surface area contributed by atoms with Crippen molar-refractivity contribution < 1.29 is 9.18 Å². The van der Waals surface area contributed by atoms with Crippen molar-refractivity contribution in [3.8, 4) is 11.1 Å². The van der Waals surface area contributed by atoms with Crippen molar-refractivity contribution in [2.75, 3.05) is 20.6 Å². The van der Waals surface area contributed by atoms with Crippen LogP contribution < -0.4 is 5.73 Å². The molecule has 0 aliphatic carbocycles. The van der Waals surface area contributed by atoms with E-state index in [1.54, 1.807) is 18.0 Å². The van der Waals surface area contributed by atoms with Crippen LogP contribution in [0, 0.1) is 6.92 Å². The lowest BCUT2D eigenvalue weighted by atomic mass is 10.1. The summed E-state index contributed by atoms with van der Waals surface area (Å²) in [6.45, 7) is 2.17. The summed E-state index contributed by atoms with van der Waals surface area (Å²) >= 11 is 1.62. The normalized spacial score (nSPS) is 12.1. The Morgan fingerprint density at radius 2 is 2.11 bits per heavy atom. The highest BCUT2D eigenvalue weighted by Gasteiger charge is 2.18. The molecule has 0 radical (unpaired) electrons. The SMILES string of the molecule is Cc1c(-c2cccc(SN(C)C)c2)c2nc(C=O)ccc2n1C/C(F)=C/CN. The van der Waals surface area contributed by atoms with Crippen molar-refractivity contribution in [2.24, 2.45) is 5.73 Å². The maximum Gasteiger partial charge on any atom is 0.168 e. The van der Waals surface area contributed by atoms with Gasteiger partial charge in [0.25, 0.3) is 0 Å². The van der Waals surface area contributed by atoms with Crippen molar-refractivity contribution in [1.29, 1.82) is 0 Å². The highest BCUT2D eigenvalue weighted by Crippen LogP contribution is 2.36. The van der Waals surface area contributed by atoms with E-state index in [2.05, 4.69) is 11.1 Å². The summed E-state index contributed by atoms with van der Waals surface area (Å²) in [7, 11) is 3.97. The van der Waals surface area contributed by atoms with Crippen LogP contribution in [0.4, 0.5) is 4.39 Å². The largest absolute Gasteiger partial charge is 0.336 e. The summed E-state index contributed by atoms with van der Waals surface area (Å²) in [6.07, 6.45) is 2.09. The van der Waals surface area contributed by atoms with Gasteiger partial charge in [-0.3, -0.25) is 9.10 Å². The van der Waals surface area contributed by atoms with Gasteiger partial charge in [-0.25, -0.2) is 9.37 Å². The maximum absolute atomic E-state index is 14.2. The number of hydrogen-bond acceptors (Lipinski definition) is 5. The smallest absolute Gasteiger partial charge is 0.168 e. The van der Waals surface area contributed by atoms with Crippen molar-refractivity contribution in [3.63, 3.8) is 0 Å². The van der Waals surface area contributed by atoms with Crippen molar-refractivity contribution in [3.05, 3.63) is 59.7 Å². The van der Waals surface area contributed by atoms with Crippen LogP contribution in [0.5, 0.6) is 0 Å². The minimum atomic E-state index is -0.301. The first-order valence-electron chi connectivity index (χ1n) is 8.90. The van der Waals surface area contributed by atoms with E-state index < -0.39 is 0 Å². The molecule has 2 heterocycles. The fraction of sp³-hybridized carbons (Fsp3) is 0.238. The fourth-order valence-corrected chi connectivity index (χ4v) is 3.97. The molecule has 3 rings (SSSR count). The Labute approximate surface area is 168 Å². The zero-order valence-electron chi connectivity index (χ0n) is 16.1. The van der Waals surface area contributed by atoms with Gasteiger partial charge in [0.05, 0.1) is 17.6 Å². The molecular weight excluding hydrogens is 375 g/mol. The van der Waals surface area contributed by atoms with Crippen LogP contribution in [0.15, 0.2) is 53.2 Å². The summed E-state index contributed by atoms with van der Waals surface area (Å²) in [6, 6.07) is 11.6. The van der Waals surface area contributed by atoms with Gasteiger partial charge >= 0.3 is 0 Å². The number of benzene rings is 1. The van der Waals surface area contributed by atoms with E-state index in [0.717, 1.165) is 33.5 Å². The molecule has 146 valence electrons. The quantitative estimate of drug-likeness (QED) is 0.477. The molecule has 0 saturated carbocycles. The van der Waals surface area contributed by atoms with Gasteiger partial charge in [-0.15, -0.1) is 0 Å². The molecule has 2 aromatic heterocycles.